The van der Waals surface area contributed by atoms with Crippen molar-refractivity contribution in [2.45, 2.75) is 32.9 Å². The Labute approximate surface area is 159 Å². The van der Waals surface area contributed by atoms with E-state index in [4.69, 9.17) is 4.74 Å². The van der Waals surface area contributed by atoms with Gasteiger partial charge in [-0.25, -0.2) is 0 Å². The molecule has 0 atom stereocenters. The van der Waals surface area contributed by atoms with Crippen LogP contribution in [-0.4, -0.2) is 36.3 Å². The number of amides is 2. The Bertz CT molecular complexity index is 735. The van der Waals surface area contributed by atoms with Crippen LogP contribution in [0.2, 0.25) is 0 Å². The molecule has 2 N–H and O–H groups in total. The summed E-state index contributed by atoms with van der Waals surface area (Å²) in [5.74, 6) is -0.355. The highest BCUT2D eigenvalue weighted by Crippen LogP contribution is 2.11. The number of carbonyl (C=O) groups is 3. The molecule has 27 heavy (non-hydrogen) atoms. The number of rotatable bonds is 6. The minimum absolute atomic E-state index is 0.0417. The number of hydrogen-bond acceptors (Lipinski definition) is 5. The predicted molar refractivity (Wildman–Crippen MR) is 104 cm³/mol. The summed E-state index contributed by atoms with van der Waals surface area (Å²) >= 11 is 0. The number of carbonyl (C=O) groups excluding carboxylic acids is 3. The number of methoxy groups -OCH3 is 1. The molecule has 0 saturated heterocycles. The van der Waals surface area contributed by atoms with Crippen molar-refractivity contribution in [2.75, 3.05) is 12.4 Å². The molecule has 1 aromatic heterocycles. The van der Waals surface area contributed by atoms with Crippen LogP contribution in [0.1, 0.15) is 47.2 Å². The Hall–Kier alpha value is -3.06. The standard InChI is InChI=1S/C15H13N3O3.C5H12O/c19-9-12-3-6-14(17-8-12)15(21)18-13-4-1-11(2-5-13)7-16-10-20;1-5(2,3)6-4/h1-6,8-10H,7H2,(H,16,20)(H,18,21);1-4H3. The topological polar surface area (TPSA) is 97.4 Å². The van der Waals surface area contributed by atoms with Crippen LogP contribution in [0.4, 0.5) is 5.69 Å². The second-order valence-electron chi connectivity index (χ2n) is 6.56. The maximum atomic E-state index is 12.0. The first-order valence-corrected chi connectivity index (χ1v) is 8.32. The average molecular weight is 371 g/mol. The maximum absolute atomic E-state index is 12.0. The first-order valence-electron chi connectivity index (χ1n) is 8.32. The fourth-order valence-corrected chi connectivity index (χ4v) is 1.67. The molecule has 0 aliphatic heterocycles. The third-order valence-corrected chi connectivity index (χ3v) is 3.37. The van der Waals surface area contributed by atoms with E-state index in [1.165, 1.54) is 18.3 Å². The van der Waals surface area contributed by atoms with Gasteiger partial charge >= 0.3 is 0 Å². The summed E-state index contributed by atoms with van der Waals surface area (Å²) in [6.45, 7) is 6.50. The molecule has 0 bridgehead atoms. The molecular weight excluding hydrogens is 346 g/mol. The Balaban J connectivity index is 0.000000527. The van der Waals surface area contributed by atoms with Crippen molar-refractivity contribution >= 4 is 24.3 Å². The summed E-state index contributed by atoms with van der Waals surface area (Å²) in [4.78, 5) is 36.6. The fraction of sp³-hybridized carbons (Fsp3) is 0.300. The van der Waals surface area contributed by atoms with Crippen LogP contribution in [0, 0.1) is 0 Å². The van der Waals surface area contributed by atoms with Gasteiger partial charge in [-0.15, -0.1) is 0 Å². The lowest BCUT2D eigenvalue weighted by Gasteiger charge is -2.14. The van der Waals surface area contributed by atoms with Crippen molar-refractivity contribution in [1.29, 1.82) is 0 Å². The summed E-state index contributed by atoms with van der Waals surface area (Å²) in [7, 11) is 1.71. The van der Waals surface area contributed by atoms with Crippen molar-refractivity contribution in [3.05, 3.63) is 59.4 Å². The molecular formula is C20H25N3O4. The number of anilines is 1. The normalized spacial score (nSPS) is 10.2. The molecule has 2 aromatic rings. The minimum Gasteiger partial charge on any atom is -0.379 e. The van der Waals surface area contributed by atoms with Gasteiger partial charge in [-0.2, -0.15) is 0 Å². The Morgan fingerprint density at radius 1 is 1.11 bits per heavy atom. The zero-order chi connectivity index (χ0) is 20.3. The quantitative estimate of drug-likeness (QED) is 0.761. The van der Waals surface area contributed by atoms with Gasteiger partial charge in [0.25, 0.3) is 5.91 Å². The summed E-state index contributed by atoms with van der Waals surface area (Å²) in [6, 6.07) is 10.1. The van der Waals surface area contributed by atoms with Gasteiger partial charge in [-0.3, -0.25) is 19.4 Å². The molecule has 2 amide bonds. The number of aldehydes is 1. The maximum Gasteiger partial charge on any atom is 0.274 e. The van der Waals surface area contributed by atoms with Crippen molar-refractivity contribution < 1.29 is 19.1 Å². The molecule has 144 valence electrons. The third kappa shape index (κ3) is 8.73. The van der Waals surface area contributed by atoms with E-state index in [1.807, 2.05) is 20.8 Å². The van der Waals surface area contributed by atoms with Crippen molar-refractivity contribution in [1.82, 2.24) is 10.3 Å². The van der Waals surface area contributed by atoms with Gasteiger partial charge in [0.2, 0.25) is 6.41 Å². The molecule has 0 saturated carbocycles. The van der Waals surface area contributed by atoms with E-state index >= 15 is 0 Å². The smallest absolute Gasteiger partial charge is 0.274 e. The monoisotopic (exact) mass is 371 g/mol. The largest absolute Gasteiger partial charge is 0.379 e. The van der Waals surface area contributed by atoms with E-state index in [1.54, 1.807) is 31.4 Å². The minimum atomic E-state index is -0.355. The van der Waals surface area contributed by atoms with Crippen molar-refractivity contribution in [3.8, 4) is 0 Å². The van der Waals surface area contributed by atoms with Gasteiger partial charge < -0.3 is 15.4 Å². The zero-order valence-electron chi connectivity index (χ0n) is 16.0. The highest BCUT2D eigenvalue weighted by molar-refractivity contribution is 6.03. The lowest BCUT2D eigenvalue weighted by Crippen LogP contribution is -2.15. The lowest BCUT2D eigenvalue weighted by atomic mass is 10.2. The summed E-state index contributed by atoms with van der Waals surface area (Å²) in [5.41, 5.74) is 2.23. The van der Waals surface area contributed by atoms with Crippen LogP contribution >= 0.6 is 0 Å². The molecule has 1 heterocycles. The molecule has 2 rings (SSSR count). The van der Waals surface area contributed by atoms with Crippen molar-refractivity contribution in [2.24, 2.45) is 0 Å². The first kappa shape index (κ1) is 22.0. The van der Waals surface area contributed by atoms with Gasteiger partial charge in [-0.1, -0.05) is 12.1 Å². The highest BCUT2D eigenvalue weighted by atomic mass is 16.5. The molecule has 0 radical (unpaired) electrons. The van der Waals surface area contributed by atoms with Crippen LogP contribution in [-0.2, 0) is 16.1 Å². The van der Waals surface area contributed by atoms with Crippen LogP contribution in [0.15, 0.2) is 42.6 Å². The molecule has 1 aromatic carbocycles. The Morgan fingerprint density at radius 2 is 1.74 bits per heavy atom. The number of nitrogens with one attached hydrogen (secondary N) is 2. The Kier molecular flexibility index (Phi) is 8.81. The predicted octanol–water partition coefficient (Wildman–Crippen LogP) is 2.82. The van der Waals surface area contributed by atoms with Crippen LogP contribution in [0.5, 0.6) is 0 Å². The van der Waals surface area contributed by atoms with E-state index in [-0.39, 0.29) is 17.2 Å². The van der Waals surface area contributed by atoms with E-state index in [9.17, 15) is 14.4 Å². The van der Waals surface area contributed by atoms with Crippen LogP contribution in [0.3, 0.4) is 0 Å². The number of aromatic nitrogens is 1. The van der Waals surface area contributed by atoms with Crippen molar-refractivity contribution in [3.63, 3.8) is 0 Å². The fourth-order valence-electron chi connectivity index (χ4n) is 1.67. The van der Waals surface area contributed by atoms with Gasteiger partial charge in [0.1, 0.15) is 5.69 Å². The number of ether oxygens (including phenoxy) is 1. The lowest BCUT2D eigenvalue weighted by molar-refractivity contribution is -0.109. The average Bonchev–Trinajstić information content (AvgIpc) is 2.67. The van der Waals surface area contributed by atoms with Gasteiger partial charge in [0.05, 0.1) is 5.60 Å². The molecule has 7 heteroatoms. The zero-order valence-corrected chi connectivity index (χ0v) is 16.0. The van der Waals surface area contributed by atoms with Crippen LogP contribution in [0.25, 0.3) is 0 Å². The van der Waals surface area contributed by atoms with Gasteiger partial charge in [-0.05, 0) is 50.6 Å². The SMILES string of the molecule is COC(C)(C)C.O=CNCc1ccc(NC(=O)c2ccc(C=O)cn2)cc1. The first-order chi connectivity index (χ1) is 12.8. The van der Waals surface area contributed by atoms with Gasteiger partial charge in [0.15, 0.2) is 6.29 Å². The highest BCUT2D eigenvalue weighted by Gasteiger charge is 2.07. The molecule has 0 spiro atoms. The summed E-state index contributed by atoms with van der Waals surface area (Å²) < 4.78 is 4.94. The van der Waals surface area contributed by atoms with E-state index in [0.717, 1.165) is 5.56 Å². The Morgan fingerprint density at radius 3 is 2.19 bits per heavy atom. The molecule has 0 fully saturated rings. The molecule has 0 unspecified atom stereocenters. The number of nitrogens with zero attached hydrogens (tertiary/aromatic N) is 1. The molecule has 7 nitrogen and oxygen atoms in total. The third-order valence-electron chi connectivity index (χ3n) is 3.37. The summed E-state index contributed by atoms with van der Waals surface area (Å²) in [5, 5.41) is 5.25. The number of pyridine rings is 1. The van der Waals surface area contributed by atoms with E-state index < -0.39 is 0 Å². The summed E-state index contributed by atoms with van der Waals surface area (Å²) in [6.07, 6.45) is 2.64. The molecule has 0 aliphatic carbocycles. The number of hydrogen-bond donors (Lipinski definition) is 2. The van der Waals surface area contributed by atoms with E-state index in [0.29, 0.717) is 30.5 Å². The second-order valence-corrected chi connectivity index (χ2v) is 6.56. The van der Waals surface area contributed by atoms with Gasteiger partial charge in [0, 0.05) is 31.1 Å². The second kappa shape index (κ2) is 10.8. The van der Waals surface area contributed by atoms with Crippen LogP contribution < -0.4 is 10.6 Å². The number of benzene rings is 1. The van der Waals surface area contributed by atoms with E-state index in [2.05, 4.69) is 15.6 Å². The molecule has 0 aliphatic rings.